The van der Waals surface area contributed by atoms with E-state index in [1.165, 1.54) is 0 Å². The molecule has 0 saturated carbocycles. The number of carbonyl (C=O) groups is 2. The number of hydrogen-bond acceptors (Lipinski definition) is 4. The Morgan fingerprint density at radius 3 is 2.56 bits per heavy atom. The standard InChI is InChI=1S/C21H22N2O4/c1-13(2)10-17(21(25)23-26)22-20(24)16-8-5-7-14(11-16)19-12-15-6-3-4-9-18(15)27-19/h3-9,11-13,17,26H,10H2,1-2H3,(H,22,24)(H,23,25)/t17-/m1/s1. The van der Waals surface area contributed by atoms with Crippen molar-refractivity contribution in [1.82, 2.24) is 10.8 Å². The zero-order valence-electron chi connectivity index (χ0n) is 15.2. The van der Waals surface area contributed by atoms with Gasteiger partial charge in [0.25, 0.3) is 11.8 Å². The van der Waals surface area contributed by atoms with E-state index in [1.54, 1.807) is 23.7 Å². The number of benzene rings is 2. The summed E-state index contributed by atoms with van der Waals surface area (Å²) in [6, 6.07) is 15.8. The van der Waals surface area contributed by atoms with Gasteiger partial charge >= 0.3 is 0 Å². The number of rotatable bonds is 6. The molecule has 0 spiro atoms. The lowest BCUT2D eigenvalue weighted by Crippen LogP contribution is -2.46. The van der Waals surface area contributed by atoms with Crippen LogP contribution in [0.1, 0.15) is 30.6 Å². The highest BCUT2D eigenvalue weighted by atomic mass is 16.5. The average Bonchev–Trinajstić information content (AvgIpc) is 3.11. The van der Waals surface area contributed by atoms with Gasteiger partial charge in [0.05, 0.1) is 0 Å². The lowest BCUT2D eigenvalue weighted by Gasteiger charge is -2.18. The van der Waals surface area contributed by atoms with Gasteiger partial charge in [-0.15, -0.1) is 0 Å². The first-order valence-electron chi connectivity index (χ1n) is 8.81. The second kappa shape index (κ2) is 8.05. The van der Waals surface area contributed by atoms with Crippen molar-refractivity contribution >= 4 is 22.8 Å². The Hall–Kier alpha value is -3.12. The van der Waals surface area contributed by atoms with E-state index < -0.39 is 11.9 Å². The molecule has 0 unspecified atom stereocenters. The highest BCUT2D eigenvalue weighted by molar-refractivity contribution is 5.98. The number of nitrogens with one attached hydrogen (secondary N) is 2. The van der Waals surface area contributed by atoms with E-state index >= 15 is 0 Å². The molecular formula is C21H22N2O4. The number of fused-ring (bicyclic) bond motifs is 1. The highest BCUT2D eigenvalue weighted by Gasteiger charge is 2.22. The summed E-state index contributed by atoms with van der Waals surface area (Å²) in [5.74, 6) is -0.181. The van der Waals surface area contributed by atoms with Crippen LogP contribution in [0.25, 0.3) is 22.3 Å². The summed E-state index contributed by atoms with van der Waals surface area (Å²) in [5.41, 5.74) is 3.57. The highest BCUT2D eigenvalue weighted by Crippen LogP contribution is 2.28. The van der Waals surface area contributed by atoms with Crippen molar-refractivity contribution in [3.63, 3.8) is 0 Å². The Balaban J connectivity index is 1.83. The minimum Gasteiger partial charge on any atom is -0.456 e. The molecule has 6 heteroatoms. The second-order valence-electron chi connectivity index (χ2n) is 6.86. The van der Waals surface area contributed by atoms with Gasteiger partial charge in [-0.25, -0.2) is 5.48 Å². The maximum absolute atomic E-state index is 12.6. The van der Waals surface area contributed by atoms with Gasteiger partial charge in [-0.1, -0.05) is 44.2 Å². The van der Waals surface area contributed by atoms with Gasteiger partial charge in [0.1, 0.15) is 17.4 Å². The summed E-state index contributed by atoms with van der Waals surface area (Å²) < 4.78 is 5.85. The van der Waals surface area contributed by atoms with E-state index in [2.05, 4.69) is 5.32 Å². The van der Waals surface area contributed by atoms with Gasteiger partial charge in [-0.05, 0) is 36.6 Å². The zero-order valence-corrected chi connectivity index (χ0v) is 15.2. The van der Waals surface area contributed by atoms with Crippen LogP contribution in [-0.4, -0.2) is 23.1 Å². The largest absolute Gasteiger partial charge is 0.456 e. The van der Waals surface area contributed by atoms with Gasteiger partial charge in [-0.3, -0.25) is 14.8 Å². The molecule has 140 valence electrons. The molecule has 1 aromatic heterocycles. The van der Waals surface area contributed by atoms with Crippen LogP contribution < -0.4 is 10.8 Å². The lowest BCUT2D eigenvalue weighted by atomic mass is 10.0. The summed E-state index contributed by atoms with van der Waals surface area (Å²) in [6.07, 6.45) is 0.418. The molecule has 0 radical (unpaired) electrons. The van der Waals surface area contributed by atoms with E-state index in [-0.39, 0.29) is 11.8 Å². The summed E-state index contributed by atoms with van der Waals surface area (Å²) in [4.78, 5) is 24.4. The predicted molar refractivity (Wildman–Crippen MR) is 102 cm³/mol. The topological polar surface area (TPSA) is 91.6 Å². The molecule has 1 atom stereocenters. The fraction of sp³-hybridized carbons (Fsp3) is 0.238. The zero-order chi connectivity index (χ0) is 19.4. The number of carbonyl (C=O) groups excluding carboxylic acids is 2. The first-order chi connectivity index (χ1) is 13.0. The molecule has 0 bridgehead atoms. The van der Waals surface area contributed by atoms with E-state index in [0.29, 0.717) is 17.7 Å². The van der Waals surface area contributed by atoms with Crippen LogP contribution in [0, 0.1) is 5.92 Å². The molecule has 3 rings (SSSR count). The summed E-state index contributed by atoms with van der Waals surface area (Å²) in [6.45, 7) is 3.87. The van der Waals surface area contributed by atoms with Crippen molar-refractivity contribution in [1.29, 1.82) is 0 Å². The number of para-hydroxylation sites is 1. The SMILES string of the molecule is CC(C)C[C@@H](NC(=O)c1cccc(-c2cc3ccccc3o2)c1)C(=O)NO. The van der Waals surface area contributed by atoms with Crippen LogP contribution in [0.15, 0.2) is 59.0 Å². The van der Waals surface area contributed by atoms with Crippen molar-refractivity contribution in [3.8, 4) is 11.3 Å². The monoisotopic (exact) mass is 366 g/mol. The molecule has 0 saturated heterocycles. The Labute approximate surface area is 157 Å². The Kier molecular flexibility index (Phi) is 5.57. The fourth-order valence-electron chi connectivity index (χ4n) is 2.96. The summed E-state index contributed by atoms with van der Waals surface area (Å²) in [5, 5.41) is 12.6. The van der Waals surface area contributed by atoms with Crippen molar-refractivity contribution < 1.29 is 19.2 Å². The Morgan fingerprint density at radius 2 is 1.85 bits per heavy atom. The molecule has 1 heterocycles. The summed E-state index contributed by atoms with van der Waals surface area (Å²) in [7, 11) is 0. The van der Waals surface area contributed by atoms with Crippen LogP contribution >= 0.6 is 0 Å². The molecule has 3 N–H and O–H groups in total. The summed E-state index contributed by atoms with van der Waals surface area (Å²) >= 11 is 0. The molecule has 2 aromatic carbocycles. The van der Waals surface area contributed by atoms with E-state index in [0.717, 1.165) is 16.5 Å². The van der Waals surface area contributed by atoms with Crippen LogP contribution in [0.3, 0.4) is 0 Å². The van der Waals surface area contributed by atoms with Crippen molar-refractivity contribution in [2.24, 2.45) is 5.92 Å². The maximum Gasteiger partial charge on any atom is 0.265 e. The van der Waals surface area contributed by atoms with Crippen LogP contribution in [-0.2, 0) is 4.79 Å². The Bertz CT molecular complexity index is 928. The molecule has 0 fully saturated rings. The smallest absolute Gasteiger partial charge is 0.265 e. The Morgan fingerprint density at radius 1 is 1.07 bits per heavy atom. The van der Waals surface area contributed by atoms with Gasteiger partial charge in [0.2, 0.25) is 0 Å². The predicted octanol–water partition coefficient (Wildman–Crippen LogP) is 3.75. The number of hydroxylamine groups is 1. The van der Waals surface area contributed by atoms with Gasteiger partial charge in [-0.2, -0.15) is 0 Å². The first-order valence-corrected chi connectivity index (χ1v) is 8.81. The molecule has 6 nitrogen and oxygen atoms in total. The van der Waals surface area contributed by atoms with Crippen LogP contribution in [0.5, 0.6) is 0 Å². The minimum atomic E-state index is -0.808. The fourth-order valence-corrected chi connectivity index (χ4v) is 2.96. The van der Waals surface area contributed by atoms with Crippen LogP contribution in [0.2, 0.25) is 0 Å². The number of hydrogen-bond donors (Lipinski definition) is 3. The van der Waals surface area contributed by atoms with Crippen molar-refractivity contribution in [3.05, 3.63) is 60.2 Å². The van der Waals surface area contributed by atoms with E-state index in [4.69, 9.17) is 9.62 Å². The molecule has 3 aromatic rings. The number of furan rings is 1. The quantitative estimate of drug-likeness (QED) is 0.458. The van der Waals surface area contributed by atoms with E-state index in [1.807, 2.05) is 50.2 Å². The molecule has 0 aliphatic heterocycles. The average molecular weight is 366 g/mol. The molecular weight excluding hydrogens is 344 g/mol. The lowest BCUT2D eigenvalue weighted by molar-refractivity contribution is -0.131. The second-order valence-corrected chi connectivity index (χ2v) is 6.86. The van der Waals surface area contributed by atoms with Crippen molar-refractivity contribution in [2.75, 3.05) is 0 Å². The minimum absolute atomic E-state index is 0.175. The molecule has 0 aliphatic carbocycles. The van der Waals surface area contributed by atoms with Gasteiger partial charge in [0.15, 0.2) is 0 Å². The normalized spacial score (nSPS) is 12.1. The van der Waals surface area contributed by atoms with E-state index in [9.17, 15) is 9.59 Å². The third kappa shape index (κ3) is 4.35. The maximum atomic E-state index is 12.6. The first kappa shape index (κ1) is 18.7. The molecule has 2 amide bonds. The number of amides is 2. The van der Waals surface area contributed by atoms with Gasteiger partial charge in [0, 0.05) is 16.5 Å². The van der Waals surface area contributed by atoms with Gasteiger partial charge < -0.3 is 9.73 Å². The third-order valence-electron chi connectivity index (χ3n) is 4.27. The third-order valence-corrected chi connectivity index (χ3v) is 4.27. The molecule has 27 heavy (non-hydrogen) atoms. The molecule has 0 aliphatic rings. The van der Waals surface area contributed by atoms with Crippen molar-refractivity contribution in [2.45, 2.75) is 26.3 Å². The van der Waals surface area contributed by atoms with Crippen LogP contribution in [0.4, 0.5) is 0 Å².